The third-order valence-corrected chi connectivity index (χ3v) is 7.78. The van der Waals surface area contributed by atoms with Gasteiger partial charge in [-0.1, -0.05) is 84.6 Å². The molecule has 1 aromatic heterocycles. The van der Waals surface area contributed by atoms with Gasteiger partial charge in [-0.2, -0.15) is 0 Å². The van der Waals surface area contributed by atoms with E-state index in [-0.39, 0.29) is 23.5 Å². The molecule has 5 rings (SSSR count). The number of carbonyl (C=O) groups is 3. The number of carbonyl (C=O) groups excluding carboxylic acids is 3. The fraction of sp³-hybridized carbons (Fsp3) is 0.188. The molecule has 7 nitrogen and oxygen atoms in total. The number of Topliss-reactive ketones (excluding diaryl/α,β-unsaturated/α-hetero) is 1. The van der Waals surface area contributed by atoms with Gasteiger partial charge in [-0.15, -0.1) is 0 Å². The monoisotopic (exact) mass is 551 g/mol. The van der Waals surface area contributed by atoms with E-state index in [0.717, 1.165) is 44.9 Å². The fourth-order valence-corrected chi connectivity index (χ4v) is 5.44. The molecule has 4 aromatic rings. The summed E-state index contributed by atoms with van der Waals surface area (Å²) < 4.78 is 5.86. The third kappa shape index (κ3) is 6.58. The predicted octanol–water partition coefficient (Wildman–Crippen LogP) is 5.75. The Morgan fingerprint density at radius 2 is 1.60 bits per heavy atom. The lowest BCUT2D eigenvalue weighted by Crippen LogP contribution is -2.36. The summed E-state index contributed by atoms with van der Waals surface area (Å²) >= 11 is 0.975. The van der Waals surface area contributed by atoms with Crippen molar-refractivity contribution in [3.8, 4) is 16.9 Å². The van der Waals surface area contributed by atoms with Gasteiger partial charge >= 0.3 is 0 Å². The van der Waals surface area contributed by atoms with Crippen LogP contribution in [0.5, 0.6) is 5.75 Å². The van der Waals surface area contributed by atoms with E-state index in [1.54, 1.807) is 18.3 Å². The first kappa shape index (κ1) is 27.1. The molecule has 0 bridgehead atoms. The molecule has 0 spiro atoms. The van der Waals surface area contributed by atoms with Crippen molar-refractivity contribution in [3.63, 3.8) is 0 Å². The Bertz CT molecular complexity index is 1460. The second-order valence-electron chi connectivity index (χ2n) is 9.47. The molecule has 0 radical (unpaired) electrons. The van der Waals surface area contributed by atoms with Crippen molar-refractivity contribution >= 4 is 34.5 Å². The largest absolute Gasteiger partial charge is 0.492 e. The van der Waals surface area contributed by atoms with Gasteiger partial charge in [0.2, 0.25) is 5.91 Å². The molecule has 202 valence electrons. The Labute approximate surface area is 237 Å². The predicted molar refractivity (Wildman–Crippen MR) is 158 cm³/mol. The van der Waals surface area contributed by atoms with Crippen LogP contribution in [0.3, 0.4) is 0 Å². The molecule has 1 unspecified atom stereocenters. The van der Waals surface area contributed by atoms with Crippen LogP contribution < -0.4 is 9.64 Å². The Hall–Kier alpha value is -4.43. The molecule has 40 heavy (non-hydrogen) atoms. The maximum Gasteiger partial charge on any atom is 0.289 e. The van der Waals surface area contributed by atoms with E-state index in [9.17, 15) is 14.4 Å². The Morgan fingerprint density at radius 3 is 2.30 bits per heavy atom. The van der Waals surface area contributed by atoms with Crippen LogP contribution >= 0.6 is 11.8 Å². The van der Waals surface area contributed by atoms with Gasteiger partial charge in [-0.05, 0) is 47.4 Å². The molecular formula is C32H29N3O4S. The highest BCUT2D eigenvalue weighted by Gasteiger charge is 2.40. The summed E-state index contributed by atoms with van der Waals surface area (Å²) in [6.45, 7) is 0.918. The highest BCUT2D eigenvalue weighted by molar-refractivity contribution is 8.15. The summed E-state index contributed by atoms with van der Waals surface area (Å²) in [5, 5.41) is -0.944. The van der Waals surface area contributed by atoms with Crippen LogP contribution in [0.2, 0.25) is 0 Å². The van der Waals surface area contributed by atoms with Crippen molar-refractivity contribution in [1.29, 1.82) is 0 Å². The van der Waals surface area contributed by atoms with Gasteiger partial charge in [0.25, 0.3) is 5.24 Å². The van der Waals surface area contributed by atoms with Crippen molar-refractivity contribution in [3.05, 3.63) is 114 Å². The lowest BCUT2D eigenvalue weighted by Gasteiger charge is -2.18. The number of hydrogen-bond acceptors (Lipinski definition) is 7. The number of ketones is 1. The topological polar surface area (TPSA) is 79.8 Å². The number of nitrogens with zero attached hydrogens (tertiary/aromatic N) is 3. The summed E-state index contributed by atoms with van der Waals surface area (Å²) in [5.74, 6) is 1.01. The molecule has 1 fully saturated rings. The van der Waals surface area contributed by atoms with Crippen molar-refractivity contribution in [2.45, 2.75) is 11.7 Å². The first-order valence-electron chi connectivity index (χ1n) is 13.0. The number of benzene rings is 3. The van der Waals surface area contributed by atoms with E-state index < -0.39 is 5.25 Å². The molecule has 3 aromatic carbocycles. The summed E-state index contributed by atoms with van der Waals surface area (Å²) in [7, 11) is 1.96. The molecule has 1 saturated heterocycles. The van der Waals surface area contributed by atoms with Crippen LogP contribution in [0.1, 0.15) is 15.9 Å². The number of pyridine rings is 1. The fourth-order valence-electron chi connectivity index (χ4n) is 4.42. The SMILES string of the molecule is CN(CCOc1ccc(CC2SC(=O)N(CC(=O)c3ccc(-c4ccccc4)cc3)C2=O)cc1)c1ccccn1. The highest BCUT2D eigenvalue weighted by Crippen LogP contribution is 2.30. The second-order valence-corrected chi connectivity index (χ2v) is 10.6. The average Bonchev–Trinajstić information content (AvgIpc) is 3.26. The number of imide groups is 1. The number of thioether (sulfide) groups is 1. The highest BCUT2D eigenvalue weighted by atomic mass is 32.2. The van der Waals surface area contributed by atoms with Crippen LogP contribution in [0.15, 0.2) is 103 Å². The standard InChI is InChI=1S/C32H29N3O4S/c1-34(30-9-5-6-18-33-30)19-20-39-27-16-10-23(11-17-27)21-29-31(37)35(32(38)40-29)22-28(36)26-14-12-25(13-15-26)24-7-3-2-4-8-24/h2-18,29H,19-22H2,1H3. The minimum atomic E-state index is -0.556. The van der Waals surface area contributed by atoms with Crippen LogP contribution in [-0.4, -0.2) is 58.8 Å². The van der Waals surface area contributed by atoms with Crippen LogP contribution in [-0.2, 0) is 11.2 Å². The molecule has 0 aliphatic carbocycles. The van der Waals surface area contributed by atoms with Crippen LogP contribution in [0.4, 0.5) is 10.6 Å². The number of anilines is 1. The van der Waals surface area contributed by atoms with Gasteiger partial charge in [0.15, 0.2) is 5.78 Å². The molecule has 1 aliphatic heterocycles. The summed E-state index contributed by atoms with van der Waals surface area (Å²) in [5.41, 5.74) is 3.43. The van der Waals surface area contributed by atoms with E-state index in [1.807, 2.05) is 96.9 Å². The zero-order chi connectivity index (χ0) is 27.9. The van der Waals surface area contributed by atoms with E-state index in [4.69, 9.17) is 4.74 Å². The first-order valence-corrected chi connectivity index (χ1v) is 13.9. The molecule has 0 saturated carbocycles. The number of amides is 2. The number of hydrogen-bond donors (Lipinski definition) is 0. The second kappa shape index (κ2) is 12.6. The van der Waals surface area contributed by atoms with E-state index in [0.29, 0.717) is 25.1 Å². The van der Waals surface area contributed by atoms with Gasteiger partial charge in [0.05, 0.1) is 18.3 Å². The molecule has 1 atom stereocenters. The number of aromatic nitrogens is 1. The molecule has 1 aliphatic rings. The number of ether oxygens (including phenoxy) is 1. The summed E-state index contributed by atoms with van der Waals surface area (Å²) in [6, 6.07) is 30.4. The van der Waals surface area contributed by atoms with E-state index >= 15 is 0 Å². The molecule has 2 amide bonds. The molecule has 2 heterocycles. The molecule has 8 heteroatoms. The van der Waals surface area contributed by atoms with Crippen LogP contribution in [0, 0.1) is 0 Å². The summed E-state index contributed by atoms with van der Waals surface area (Å²) in [6.07, 6.45) is 2.16. The zero-order valence-electron chi connectivity index (χ0n) is 22.1. The minimum Gasteiger partial charge on any atom is -0.492 e. The zero-order valence-corrected chi connectivity index (χ0v) is 22.9. The average molecular weight is 552 g/mol. The van der Waals surface area contributed by atoms with Crippen LogP contribution in [0.25, 0.3) is 11.1 Å². The van der Waals surface area contributed by atoms with E-state index in [2.05, 4.69) is 4.98 Å². The van der Waals surface area contributed by atoms with Crippen molar-refractivity contribution < 1.29 is 19.1 Å². The quantitative estimate of drug-likeness (QED) is 0.220. The normalized spacial score (nSPS) is 14.8. The first-order chi connectivity index (χ1) is 19.5. The molecule has 0 N–H and O–H groups in total. The lowest BCUT2D eigenvalue weighted by atomic mass is 10.0. The Balaban J connectivity index is 1.12. The third-order valence-electron chi connectivity index (χ3n) is 6.70. The maximum absolute atomic E-state index is 13.0. The van der Waals surface area contributed by atoms with Gasteiger partial charge < -0.3 is 9.64 Å². The number of rotatable bonds is 11. The number of likely N-dealkylation sites (N-methyl/N-ethyl adjacent to an activating group) is 1. The molecular weight excluding hydrogens is 522 g/mol. The Morgan fingerprint density at radius 1 is 0.900 bits per heavy atom. The van der Waals surface area contributed by atoms with Gasteiger partial charge in [0.1, 0.15) is 18.2 Å². The van der Waals surface area contributed by atoms with Gasteiger partial charge in [0, 0.05) is 18.8 Å². The Kier molecular flexibility index (Phi) is 8.56. The van der Waals surface area contributed by atoms with Gasteiger partial charge in [-0.3, -0.25) is 19.3 Å². The summed E-state index contributed by atoms with van der Waals surface area (Å²) in [4.78, 5) is 45.9. The van der Waals surface area contributed by atoms with Gasteiger partial charge in [-0.25, -0.2) is 4.98 Å². The minimum absolute atomic E-state index is 0.258. The smallest absolute Gasteiger partial charge is 0.289 e. The lowest BCUT2D eigenvalue weighted by molar-refractivity contribution is -0.126. The maximum atomic E-state index is 13.0. The van der Waals surface area contributed by atoms with Crippen molar-refractivity contribution in [2.24, 2.45) is 0 Å². The van der Waals surface area contributed by atoms with Crippen molar-refractivity contribution in [2.75, 3.05) is 31.6 Å². The van der Waals surface area contributed by atoms with Crippen molar-refractivity contribution in [1.82, 2.24) is 9.88 Å². The van der Waals surface area contributed by atoms with E-state index in [1.165, 1.54) is 0 Å².